The summed E-state index contributed by atoms with van der Waals surface area (Å²) in [6.45, 7) is 5.28. The van der Waals surface area contributed by atoms with Crippen molar-refractivity contribution in [2.24, 2.45) is 0 Å². The Hall–Kier alpha value is -2.63. The number of aromatic amines is 1. The molecule has 0 amide bonds. The second kappa shape index (κ2) is 6.70. The largest absolute Gasteiger partial charge is 0.351 e. The van der Waals surface area contributed by atoms with E-state index < -0.39 is 0 Å². The van der Waals surface area contributed by atoms with Crippen LogP contribution in [0.5, 0.6) is 0 Å². The van der Waals surface area contributed by atoms with E-state index in [1.54, 1.807) is 0 Å². The standard InChI is InChI=1S/C19H24N6/c1-3-8-13(4-2)20-19-21-17-16-15(23-24-17)11-12-25(18(16)22-19)14-9-6-5-7-10-14/h5-7,9-10,13H,3-4,8,11-12H2,1-2H3,(H2,20,21,22,23,24). The third kappa shape index (κ3) is 2.92. The second-order valence-electron chi connectivity index (χ2n) is 6.55. The van der Waals surface area contributed by atoms with Gasteiger partial charge in [0.25, 0.3) is 0 Å². The third-order valence-electron chi connectivity index (χ3n) is 4.84. The number of rotatable bonds is 6. The molecule has 0 fully saturated rings. The third-order valence-corrected chi connectivity index (χ3v) is 4.84. The van der Waals surface area contributed by atoms with Gasteiger partial charge >= 0.3 is 0 Å². The Morgan fingerprint density at radius 3 is 2.80 bits per heavy atom. The number of hydrogen-bond acceptors (Lipinski definition) is 5. The van der Waals surface area contributed by atoms with Gasteiger partial charge in [0, 0.05) is 24.7 Å². The molecule has 130 valence electrons. The first kappa shape index (κ1) is 15.9. The lowest BCUT2D eigenvalue weighted by molar-refractivity contribution is 0.618. The smallest absolute Gasteiger partial charge is 0.227 e. The van der Waals surface area contributed by atoms with Crippen molar-refractivity contribution in [2.45, 2.75) is 45.6 Å². The first-order valence-corrected chi connectivity index (χ1v) is 9.14. The predicted octanol–water partition coefficient (Wildman–Crippen LogP) is 4.04. The Balaban J connectivity index is 1.77. The van der Waals surface area contributed by atoms with Gasteiger partial charge < -0.3 is 10.2 Å². The summed E-state index contributed by atoms with van der Waals surface area (Å²) < 4.78 is 0. The predicted molar refractivity (Wildman–Crippen MR) is 101 cm³/mol. The first-order chi connectivity index (χ1) is 12.3. The van der Waals surface area contributed by atoms with Crippen LogP contribution in [0.3, 0.4) is 0 Å². The summed E-state index contributed by atoms with van der Waals surface area (Å²) in [5, 5.41) is 12.1. The number of nitrogens with zero attached hydrogens (tertiary/aromatic N) is 4. The second-order valence-corrected chi connectivity index (χ2v) is 6.55. The molecule has 0 saturated carbocycles. The molecular formula is C19H24N6. The number of hydrogen-bond donors (Lipinski definition) is 2. The molecule has 6 nitrogen and oxygen atoms in total. The van der Waals surface area contributed by atoms with E-state index in [1.807, 2.05) is 6.07 Å². The zero-order valence-corrected chi connectivity index (χ0v) is 14.8. The molecule has 1 unspecified atom stereocenters. The number of nitrogens with one attached hydrogen (secondary N) is 2. The first-order valence-electron chi connectivity index (χ1n) is 9.14. The maximum Gasteiger partial charge on any atom is 0.227 e. The molecule has 0 bridgehead atoms. The summed E-state index contributed by atoms with van der Waals surface area (Å²) in [6.07, 6.45) is 4.23. The quantitative estimate of drug-likeness (QED) is 0.711. The van der Waals surface area contributed by atoms with Crippen LogP contribution < -0.4 is 10.2 Å². The molecule has 0 spiro atoms. The molecule has 4 rings (SSSR count). The fourth-order valence-electron chi connectivity index (χ4n) is 3.50. The minimum atomic E-state index is 0.391. The maximum atomic E-state index is 4.88. The van der Waals surface area contributed by atoms with Crippen LogP contribution in [-0.2, 0) is 6.42 Å². The summed E-state index contributed by atoms with van der Waals surface area (Å²) in [4.78, 5) is 11.8. The van der Waals surface area contributed by atoms with Gasteiger partial charge in [0.05, 0.1) is 11.1 Å². The summed E-state index contributed by atoms with van der Waals surface area (Å²) in [6, 6.07) is 10.8. The van der Waals surface area contributed by atoms with Crippen molar-refractivity contribution in [3.8, 4) is 0 Å². The highest BCUT2D eigenvalue weighted by Crippen LogP contribution is 2.36. The van der Waals surface area contributed by atoms with Gasteiger partial charge in [-0.1, -0.05) is 38.5 Å². The SMILES string of the molecule is CCCC(CC)Nc1nc2c3c([nH]nc3n1)CCN2c1ccccc1. The Morgan fingerprint density at radius 2 is 2.04 bits per heavy atom. The lowest BCUT2D eigenvalue weighted by atomic mass is 10.1. The van der Waals surface area contributed by atoms with Gasteiger partial charge in [-0.15, -0.1) is 0 Å². The number of anilines is 3. The van der Waals surface area contributed by atoms with E-state index in [4.69, 9.17) is 4.98 Å². The Morgan fingerprint density at radius 1 is 1.20 bits per heavy atom. The van der Waals surface area contributed by atoms with Gasteiger partial charge in [0.1, 0.15) is 5.82 Å². The van der Waals surface area contributed by atoms with Crippen molar-refractivity contribution in [1.82, 2.24) is 20.2 Å². The van der Waals surface area contributed by atoms with Crippen LogP contribution in [0.2, 0.25) is 0 Å². The van der Waals surface area contributed by atoms with Crippen LogP contribution in [0, 0.1) is 0 Å². The number of para-hydroxylation sites is 1. The molecule has 1 aromatic carbocycles. The van der Waals surface area contributed by atoms with Crippen molar-refractivity contribution in [3.63, 3.8) is 0 Å². The highest BCUT2D eigenvalue weighted by Gasteiger charge is 2.25. The molecule has 3 aromatic rings. The van der Waals surface area contributed by atoms with E-state index in [0.717, 1.165) is 60.5 Å². The van der Waals surface area contributed by atoms with Crippen LogP contribution in [0.15, 0.2) is 30.3 Å². The molecule has 0 aliphatic carbocycles. The van der Waals surface area contributed by atoms with Crippen LogP contribution in [0.4, 0.5) is 17.5 Å². The van der Waals surface area contributed by atoms with E-state index in [9.17, 15) is 0 Å². The number of aromatic nitrogens is 4. The average Bonchev–Trinajstić information content (AvgIpc) is 3.06. The minimum Gasteiger partial charge on any atom is -0.351 e. The number of H-pyrrole nitrogens is 1. The fourth-order valence-corrected chi connectivity index (χ4v) is 3.50. The minimum absolute atomic E-state index is 0.391. The average molecular weight is 336 g/mol. The van der Waals surface area contributed by atoms with Crippen molar-refractivity contribution in [1.29, 1.82) is 0 Å². The topological polar surface area (TPSA) is 69.7 Å². The normalized spacial score (nSPS) is 14.7. The van der Waals surface area contributed by atoms with Gasteiger partial charge in [-0.05, 0) is 25.0 Å². The van der Waals surface area contributed by atoms with Crippen LogP contribution in [0.1, 0.15) is 38.8 Å². The summed E-state index contributed by atoms with van der Waals surface area (Å²) in [5.74, 6) is 1.61. The molecule has 2 N–H and O–H groups in total. The van der Waals surface area contributed by atoms with Gasteiger partial charge in [-0.2, -0.15) is 15.1 Å². The molecule has 25 heavy (non-hydrogen) atoms. The maximum absolute atomic E-state index is 4.88. The van der Waals surface area contributed by atoms with Gasteiger partial charge in [-0.25, -0.2) is 0 Å². The lowest BCUT2D eigenvalue weighted by Gasteiger charge is -2.28. The molecule has 6 heteroatoms. The summed E-state index contributed by atoms with van der Waals surface area (Å²) in [7, 11) is 0. The van der Waals surface area contributed by atoms with E-state index >= 15 is 0 Å². The highest BCUT2D eigenvalue weighted by molar-refractivity contribution is 5.94. The Kier molecular flexibility index (Phi) is 4.26. The van der Waals surface area contributed by atoms with E-state index in [0.29, 0.717) is 12.0 Å². The van der Waals surface area contributed by atoms with Crippen LogP contribution in [0.25, 0.3) is 11.0 Å². The van der Waals surface area contributed by atoms with Crippen LogP contribution >= 0.6 is 0 Å². The van der Waals surface area contributed by atoms with E-state index in [1.165, 1.54) is 0 Å². The molecule has 0 radical (unpaired) electrons. The van der Waals surface area contributed by atoms with Gasteiger partial charge in [-0.3, -0.25) is 5.10 Å². The summed E-state index contributed by atoms with van der Waals surface area (Å²) >= 11 is 0. The molecule has 1 aliphatic heterocycles. The lowest BCUT2D eigenvalue weighted by Crippen LogP contribution is -2.26. The molecule has 1 atom stereocenters. The van der Waals surface area contributed by atoms with Crippen molar-refractivity contribution in [3.05, 3.63) is 36.0 Å². The van der Waals surface area contributed by atoms with Gasteiger partial charge in [0.15, 0.2) is 5.65 Å². The number of benzene rings is 1. The van der Waals surface area contributed by atoms with Crippen LogP contribution in [-0.4, -0.2) is 32.8 Å². The molecule has 0 saturated heterocycles. The van der Waals surface area contributed by atoms with Crippen molar-refractivity contribution < 1.29 is 0 Å². The van der Waals surface area contributed by atoms with Crippen molar-refractivity contribution >= 4 is 28.5 Å². The molecule has 3 heterocycles. The van der Waals surface area contributed by atoms with Crippen molar-refractivity contribution in [2.75, 3.05) is 16.8 Å². The van der Waals surface area contributed by atoms with E-state index in [-0.39, 0.29) is 0 Å². The van der Waals surface area contributed by atoms with Gasteiger partial charge in [0.2, 0.25) is 5.95 Å². The highest BCUT2D eigenvalue weighted by atomic mass is 15.3. The molecular weight excluding hydrogens is 312 g/mol. The monoisotopic (exact) mass is 336 g/mol. The van der Waals surface area contributed by atoms with E-state index in [2.05, 4.69) is 63.5 Å². The molecule has 2 aromatic heterocycles. The zero-order valence-electron chi connectivity index (χ0n) is 14.8. The Bertz CT molecular complexity index is 857. The fraction of sp³-hybridized carbons (Fsp3) is 0.421. The zero-order chi connectivity index (χ0) is 17.2. The Labute approximate surface area is 147 Å². The summed E-state index contributed by atoms with van der Waals surface area (Å²) in [5.41, 5.74) is 3.03. The molecule has 1 aliphatic rings.